The summed E-state index contributed by atoms with van der Waals surface area (Å²) >= 11 is 0. The second-order valence-electron chi connectivity index (χ2n) is 6.01. The predicted octanol–water partition coefficient (Wildman–Crippen LogP) is 1.87. The van der Waals surface area contributed by atoms with Crippen LogP contribution in [-0.2, 0) is 0 Å². The van der Waals surface area contributed by atoms with Crippen LogP contribution in [0, 0.1) is 5.82 Å². The highest BCUT2D eigenvalue weighted by Gasteiger charge is 2.30. The molecule has 1 aromatic carbocycles. The minimum atomic E-state index is -1.00. The molecule has 6 nitrogen and oxygen atoms in total. The van der Waals surface area contributed by atoms with Gasteiger partial charge in [-0.3, -0.25) is 4.79 Å². The van der Waals surface area contributed by atoms with Crippen molar-refractivity contribution in [2.24, 2.45) is 0 Å². The number of aliphatic hydroxyl groups excluding tert-OH is 2. The predicted molar refractivity (Wildman–Crippen MR) is 83.6 cm³/mol. The molecule has 3 atom stereocenters. The Morgan fingerprint density at radius 2 is 1.92 bits per heavy atom. The van der Waals surface area contributed by atoms with Gasteiger partial charge in [0.1, 0.15) is 5.82 Å². The van der Waals surface area contributed by atoms with Crippen molar-refractivity contribution in [2.45, 2.75) is 43.9 Å². The third-order valence-corrected chi connectivity index (χ3v) is 4.26. The van der Waals surface area contributed by atoms with Gasteiger partial charge in [-0.05, 0) is 37.1 Å². The van der Waals surface area contributed by atoms with Gasteiger partial charge in [-0.25, -0.2) is 4.39 Å². The summed E-state index contributed by atoms with van der Waals surface area (Å²) in [5.41, 5.74) is 0.674. The summed E-state index contributed by atoms with van der Waals surface area (Å²) in [5.74, 6) is -0.496. The number of halogens is 1. The van der Waals surface area contributed by atoms with E-state index in [1.54, 1.807) is 0 Å². The molecule has 1 aliphatic carbocycles. The second kappa shape index (κ2) is 7.11. The van der Waals surface area contributed by atoms with E-state index in [1.807, 2.05) is 0 Å². The lowest BCUT2D eigenvalue weighted by atomic mass is 10.0. The summed E-state index contributed by atoms with van der Waals surface area (Å²) in [6, 6.07) is 6.58. The maximum Gasteiger partial charge on any atom is 0.273 e. The Morgan fingerprint density at radius 1 is 1.21 bits per heavy atom. The highest BCUT2D eigenvalue weighted by Crippen LogP contribution is 2.22. The number of hydrogen-bond acceptors (Lipinski definition) is 5. The van der Waals surface area contributed by atoms with E-state index >= 15 is 0 Å². The highest BCUT2D eigenvalue weighted by atomic mass is 19.1. The first-order valence-electron chi connectivity index (χ1n) is 7.94. The van der Waals surface area contributed by atoms with Crippen LogP contribution in [0.25, 0.3) is 11.3 Å². The number of aromatic nitrogens is 1. The zero-order valence-corrected chi connectivity index (χ0v) is 13.0. The van der Waals surface area contributed by atoms with Gasteiger partial charge in [0, 0.05) is 11.6 Å². The monoisotopic (exact) mass is 334 g/mol. The molecule has 24 heavy (non-hydrogen) atoms. The molecule has 0 saturated heterocycles. The molecule has 1 aliphatic rings. The summed E-state index contributed by atoms with van der Waals surface area (Å²) in [6.07, 6.45) is 0.894. The lowest BCUT2D eigenvalue weighted by molar-refractivity contribution is -0.00131. The Bertz CT molecular complexity index is 701. The average Bonchev–Trinajstić information content (AvgIpc) is 3.01. The number of carbonyl (C=O) groups is 1. The van der Waals surface area contributed by atoms with E-state index < -0.39 is 24.2 Å². The minimum Gasteiger partial charge on any atom is -0.390 e. The molecular formula is C17H19FN2O4. The fourth-order valence-corrected chi connectivity index (χ4v) is 2.86. The zero-order valence-electron chi connectivity index (χ0n) is 13.0. The van der Waals surface area contributed by atoms with Crippen molar-refractivity contribution in [1.29, 1.82) is 0 Å². The fraction of sp³-hybridized carbons (Fsp3) is 0.412. The SMILES string of the molecule is O=C(N[C@@H]1CCCC[C@@H](O)[C@@H]1O)c1cc(-c2ccc(F)cc2)on1. The standard InChI is InChI=1S/C17H19FN2O4/c18-11-7-5-10(6-8-11)15-9-13(20-24-15)17(23)19-12-3-1-2-4-14(21)16(12)22/h5-9,12,14,16,21-22H,1-4H2,(H,19,23)/t12-,14-,16-/m1/s1. The first-order chi connectivity index (χ1) is 11.5. The summed E-state index contributed by atoms with van der Waals surface area (Å²) in [7, 11) is 0. The zero-order chi connectivity index (χ0) is 17.1. The number of amides is 1. The molecule has 0 unspecified atom stereocenters. The van der Waals surface area contributed by atoms with Gasteiger partial charge in [0.2, 0.25) is 0 Å². The molecule has 0 spiro atoms. The molecule has 0 bridgehead atoms. The third kappa shape index (κ3) is 3.63. The van der Waals surface area contributed by atoms with Crippen LogP contribution in [0.1, 0.15) is 36.2 Å². The number of aliphatic hydroxyl groups is 2. The molecule has 3 rings (SSSR count). The third-order valence-electron chi connectivity index (χ3n) is 4.26. The molecule has 0 aliphatic heterocycles. The molecule has 1 heterocycles. The summed E-state index contributed by atoms with van der Waals surface area (Å²) in [4.78, 5) is 12.3. The molecular weight excluding hydrogens is 315 g/mol. The molecule has 7 heteroatoms. The average molecular weight is 334 g/mol. The Morgan fingerprint density at radius 3 is 2.67 bits per heavy atom. The van der Waals surface area contributed by atoms with Crippen molar-refractivity contribution in [3.63, 3.8) is 0 Å². The number of rotatable bonds is 3. The number of hydrogen-bond donors (Lipinski definition) is 3. The van der Waals surface area contributed by atoms with Gasteiger partial charge in [-0.1, -0.05) is 18.0 Å². The van der Waals surface area contributed by atoms with Crippen molar-refractivity contribution >= 4 is 5.91 Å². The molecule has 1 aromatic heterocycles. The summed E-state index contributed by atoms with van der Waals surface area (Å²) in [6.45, 7) is 0. The first kappa shape index (κ1) is 16.6. The van der Waals surface area contributed by atoms with Crippen molar-refractivity contribution in [3.8, 4) is 11.3 Å². The smallest absolute Gasteiger partial charge is 0.273 e. The molecule has 2 aromatic rings. The van der Waals surface area contributed by atoms with Crippen LogP contribution in [0.15, 0.2) is 34.9 Å². The molecule has 0 radical (unpaired) electrons. The van der Waals surface area contributed by atoms with Gasteiger partial charge in [-0.15, -0.1) is 0 Å². The lowest BCUT2D eigenvalue weighted by Crippen LogP contribution is -2.47. The Hall–Kier alpha value is -2.25. The molecule has 1 fully saturated rings. The fourth-order valence-electron chi connectivity index (χ4n) is 2.86. The van der Waals surface area contributed by atoms with E-state index in [2.05, 4.69) is 10.5 Å². The van der Waals surface area contributed by atoms with Crippen molar-refractivity contribution in [2.75, 3.05) is 0 Å². The number of nitrogens with zero attached hydrogens (tertiary/aromatic N) is 1. The summed E-state index contributed by atoms with van der Waals surface area (Å²) < 4.78 is 18.1. The highest BCUT2D eigenvalue weighted by molar-refractivity contribution is 5.93. The van der Waals surface area contributed by atoms with E-state index in [-0.39, 0.29) is 11.5 Å². The van der Waals surface area contributed by atoms with Gasteiger partial charge in [-0.2, -0.15) is 0 Å². The van der Waals surface area contributed by atoms with E-state index in [0.717, 1.165) is 12.8 Å². The van der Waals surface area contributed by atoms with Crippen LogP contribution in [0.4, 0.5) is 4.39 Å². The number of benzene rings is 1. The Labute approximate surface area is 138 Å². The van der Waals surface area contributed by atoms with Gasteiger partial charge in [0.15, 0.2) is 11.5 Å². The quantitative estimate of drug-likeness (QED) is 0.745. The van der Waals surface area contributed by atoms with Crippen molar-refractivity contribution in [3.05, 3.63) is 41.8 Å². The van der Waals surface area contributed by atoms with Crippen molar-refractivity contribution in [1.82, 2.24) is 10.5 Å². The van der Waals surface area contributed by atoms with Gasteiger partial charge in [0.05, 0.1) is 18.2 Å². The minimum absolute atomic E-state index is 0.0697. The maximum absolute atomic E-state index is 12.9. The first-order valence-corrected chi connectivity index (χ1v) is 7.94. The topological polar surface area (TPSA) is 95.6 Å². The van der Waals surface area contributed by atoms with Crippen molar-refractivity contribution < 1.29 is 23.9 Å². The van der Waals surface area contributed by atoms with E-state index in [1.165, 1.54) is 30.3 Å². The van der Waals surface area contributed by atoms with Crippen LogP contribution < -0.4 is 5.32 Å². The Kier molecular flexibility index (Phi) is 4.92. The van der Waals surface area contributed by atoms with E-state index in [9.17, 15) is 19.4 Å². The van der Waals surface area contributed by atoms with Crippen LogP contribution in [-0.4, -0.2) is 39.5 Å². The normalized spacial score (nSPS) is 24.4. The van der Waals surface area contributed by atoms with Crippen LogP contribution >= 0.6 is 0 Å². The van der Waals surface area contributed by atoms with Gasteiger partial charge in [0.25, 0.3) is 5.91 Å². The van der Waals surface area contributed by atoms with Crippen LogP contribution in [0.3, 0.4) is 0 Å². The van der Waals surface area contributed by atoms with Crippen LogP contribution in [0.5, 0.6) is 0 Å². The van der Waals surface area contributed by atoms with E-state index in [0.29, 0.717) is 24.2 Å². The second-order valence-corrected chi connectivity index (χ2v) is 6.01. The number of carbonyl (C=O) groups excluding carboxylic acids is 1. The molecule has 128 valence electrons. The maximum atomic E-state index is 12.9. The number of nitrogens with one attached hydrogen (secondary N) is 1. The lowest BCUT2D eigenvalue weighted by Gasteiger charge is -2.24. The molecule has 1 saturated carbocycles. The largest absolute Gasteiger partial charge is 0.390 e. The van der Waals surface area contributed by atoms with Gasteiger partial charge >= 0.3 is 0 Å². The molecule has 1 amide bonds. The van der Waals surface area contributed by atoms with E-state index in [4.69, 9.17) is 4.52 Å². The van der Waals surface area contributed by atoms with Crippen LogP contribution in [0.2, 0.25) is 0 Å². The molecule has 3 N–H and O–H groups in total. The summed E-state index contributed by atoms with van der Waals surface area (Å²) in [5, 5.41) is 26.3. The Balaban J connectivity index is 1.70. The van der Waals surface area contributed by atoms with Gasteiger partial charge < -0.3 is 20.1 Å².